The molecule has 2 atom stereocenters. The van der Waals surface area contributed by atoms with E-state index in [9.17, 15) is 19.6 Å². The average molecular weight is 500 g/mol. The fraction of sp³-hybridized carbons (Fsp3) is 0.286. The summed E-state index contributed by atoms with van der Waals surface area (Å²) in [7, 11) is 0. The second-order valence-corrected chi connectivity index (χ2v) is 9.81. The number of aromatic nitrogens is 3. The molecule has 0 unspecified atom stereocenters. The van der Waals surface area contributed by atoms with Crippen molar-refractivity contribution in [2.75, 3.05) is 5.32 Å². The number of pyridine rings is 2. The van der Waals surface area contributed by atoms with Crippen LogP contribution < -0.4 is 5.32 Å². The Morgan fingerprint density at radius 2 is 1.86 bits per heavy atom. The van der Waals surface area contributed by atoms with E-state index in [1.165, 1.54) is 6.07 Å². The Kier molecular flexibility index (Phi) is 5.60. The predicted octanol–water partition coefficient (Wildman–Crippen LogP) is 5.74. The van der Waals surface area contributed by atoms with Gasteiger partial charge in [-0.05, 0) is 49.1 Å². The number of nitriles is 1. The lowest BCUT2D eigenvalue weighted by Gasteiger charge is -2.47. The minimum Gasteiger partial charge on any atom is -0.481 e. The zero-order valence-corrected chi connectivity index (χ0v) is 19.7. The van der Waals surface area contributed by atoms with Crippen molar-refractivity contribution in [2.45, 2.75) is 31.7 Å². The monoisotopic (exact) mass is 499 g/mol. The van der Waals surface area contributed by atoms with Crippen LogP contribution in [0.15, 0.2) is 48.8 Å². The van der Waals surface area contributed by atoms with E-state index in [1.54, 1.807) is 36.5 Å². The van der Waals surface area contributed by atoms with Gasteiger partial charge in [0.05, 0.1) is 23.4 Å². The number of nitrogens with one attached hydrogen (secondary N) is 2. The molecule has 0 aliphatic heterocycles. The third-order valence-electron chi connectivity index (χ3n) is 7.87. The zero-order valence-electron chi connectivity index (χ0n) is 19.7. The van der Waals surface area contributed by atoms with Gasteiger partial charge in [0, 0.05) is 28.8 Å². The van der Waals surface area contributed by atoms with Gasteiger partial charge in [0.2, 0.25) is 0 Å². The summed E-state index contributed by atoms with van der Waals surface area (Å²) in [5, 5.41) is 23.7. The van der Waals surface area contributed by atoms with E-state index in [1.807, 2.05) is 0 Å². The van der Waals surface area contributed by atoms with Crippen LogP contribution in [0.2, 0.25) is 0 Å². The highest BCUT2D eigenvalue weighted by atomic mass is 19.1. The van der Waals surface area contributed by atoms with E-state index in [0.29, 0.717) is 22.2 Å². The maximum atomic E-state index is 16.2. The number of carboxylic acids is 1. The molecule has 1 aromatic carbocycles. The Morgan fingerprint density at radius 3 is 2.57 bits per heavy atom. The molecule has 3 aliphatic carbocycles. The third-order valence-corrected chi connectivity index (χ3v) is 7.87. The van der Waals surface area contributed by atoms with E-state index in [-0.39, 0.29) is 34.5 Å². The fourth-order valence-electron chi connectivity index (χ4n) is 6.18. The third kappa shape index (κ3) is 3.80. The van der Waals surface area contributed by atoms with Crippen LogP contribution in [0.5, 0.6) is 0 Å². The fourth-order valence-corrected chi connectivity index (χ4v) is 6.18. The van der Waals surface area contributed by atoms with Gasteiger partial charge >= 0.3 is 5.97 Å². The van der Waals surface area contributed by atoms with Gasteiger partial charge < -0.3 is 15.4 Å². The zero-order chi connectivity index (χ0) is 25.7. The van der Waals surface area contributed by atoms with Crippen LogP contribution in [0, 0.1) is 40.7 Å². The largest absolute Gasteiger partial charge is 0.481 e. The Bertz CT molecular complexity index is 1550. The molecule has 3 aliphatic rings. The van der Waals surface area contributed by atoms with Gasteiger partial charge in [-0.1, -0.05) is 30.3 Å². The van der Waals surface area contributed by atoms with Gasteiger partial charge in [-0.25, -0.2) is 18.7 Å². The number of aliphatic carboxylic acids is 1. The van der Waals surface area contributed by atoms with Gasteiger partial charge in [0.1, 0.15) is 17.5 Å². The van der Waals surface area contributed by atoms with Crippen molar-refractivity contribution in [3.05, 3.63) is 66.0 Å². The van der Waals surface area contributed by atoms with Crippen LogP contribution in [-0.2, 0) is 4.79 Å². The van der Waals surface area contributed by atoms with Crippen molar-refractivity contribution in [1.82, 2.24) is 15.0 Å². The number of hydrogen-bond donors (Lipinski definition) is 3. The van der Waals surface area contributed by atoms with Crippen molar-refractivity contribution in [3.8, 4) is 28.5 Å². The SMILES string of the molecule is N#Cc1c(-c2c[nH]c3ncc(F)cc23)nc(N[C@@H]2C3CCC(CC3)[C@H]2C(=O)O)c(F)c1-c1ccccc1. The van der Waals surface area contributed by atoms with Gasteiger partial charge in [-0.3, -0.25) is 4.79 Å². The molecule has 0 spiro atoms. The van der Waals surface area contributed by atoms with Crippen molar-refractivity contribution in [3.63, 3.8) is 0 Å². The summed E-state index contributed by atoms with van der Waals surface area (Å²) in [5.41, 5.74) is 1.50. The average Bonchev–Trinajstić information content (AvgIpc) is 3.33. The number of benzene rings is 1. The lowest BCUT2D eigenvalue weighted by molar-refractivity contribution is -0.148. The smallest absolute Gasteiger partial charge is 0.308 e. The van der Waals surface area contributed by atoms with E-state index in [2.05, 4.69) is 26.3 Å². The predicted molar refractivity (Wildman–Crippen MR) is 133 cm³/mol. The molecule has 9 heteroatoms. The van der Waals surface area contributed by atoms with Crippen LogP contribution in [0.4, 0.5) is 14.6 Å². The minimum absolute atomic E-state index is 0.000592. The van der Waals surface area contributed by atoms with Gasteiger partial charge in [-0.15, -0.1) is 0 Å². The second-order valence-electron chi connectivity index (χ2n) is 9.81. The first-order valence-corrected chi connectivity index (χ1v) is 12.3. The van der Waals surface area contributed by atoms with Crippen LogP contribution >= 0.6 is 0 Å². The molecule has 7 nitrogen and oxygen atoms in total. The van der Waals surface area contributed by atoms with Gasteiger partial charge in [0.15, 0.2) is 11.6 Å². The number of hydrogen-bond acceptors (Lipinski definition) is 5. The summed E-state index contributed by atoms with van der Waals surface area (Å²) >= 11 is 0. The summed E-state index contributed by atoms with van der Waals surface area (Å²) < 4.78 is 30.3. The summed E-state index contributed by atoms with van der Waals surface area (Å²) in [6.45, 7) is 0. The molecule has 186 valence electrons. The second kappa shape index (κ2) is 8.96. The van der Waals surface area contributed by atoms with Crippen molar-refractivity contribution in [2.24, 2.45) is 17.8 Å². The maximum absolute atomic E-state index is 16.2. The van der Waals surface area contributed by atoms with E-state index in [0.717, 1.165) is 31.9 Å². The van der Waals surface area contributed by atoms with Crippen molar-refractivity contribution >= 4 is 22.8 Å². The number of rotatable bonds is 5. The molecule has 3 aromatic heterocycles. The van der Waals surface area contributed by atoms with E-state index >= 15 is 4.39 Å². The number of carbonyl (C=O) groups is 1. The van der Waals surface area contributed by atoms with Crippen LogP contribution in [-0.4, -0.2) is 32.1 Å². The summed E-state index contributed by atoms with van der Waals surface area (Å²) in [6.07, 6.45) is 6.08. The molecule has 4 aromatic rings. The van der Waals surface area contributed by atoms with E-state index < -0.39 is 29.6 Å². The van der Waals surface area contributed by atoms with Gasteiger partial charge in [-0.2, -0.15) is 5.26 Å². The van der Waals surface area contributed by atoms with Gasteiger partial charge in [0.25, 0.3) is 0 Å². The Hall–Kier alpha value is -4.32. The Labute approximate surface area is 211 Å². The quantitative estimate of drug-likeness (QED) is 0.322. The van der Waals surface area contributed by atoms with Crippen LogP contribution in [0.1, 0.15) is 31.2 Å². The number of carboxylic acid groups (broad SMARTS) is 1. The summed E-state index contributed by atoms with van der Waals surface area (Å²) in [6, 6.07) is 11.6. The highest BCUT2D eigenvalue weighted by Gasteiger charge is 2.47. The van der Waals surface area contributed by atoms with Crippen LogP contribution in [0.25, 0.3) is 33.4 Å². The normalized spacial score (nSPS) is 22.6. The Balaban J connectivity index is 1.57. The van der Waals surface area contributed by atoms with Crippen molar-refractivity contribution < 1.29 is 18.7 Å². The lowest BCUT2D eigenvalue weighted by Crippen LogP contribution is -2.51. The number of H-pyrrole nitrogens is 1. The molecule has 3 heterocycles. The molecular formula is C28H23F2N5O2. The highest BCUT2D eigenvalue weighted by molar-refractivity contribution is 5.96. The molecule has 0 saturated heterocycles. The number of aromatic amines is 1. The first-order valence-electron chi connectivity index (χ1n) is 12.3. The molecule has 3 saturated carbocycles. The number of fused-ring (bicyclic) bond motifs is 4. The highest BCUT2D eigenvalue weighted by Crippen LogP contribution is 2.47. The van der Waals surface area contributed by atoms with Crippen LogP contribution in [0.3, 0.4) is 0 Å². The summed E-state index contributed by atoms with van der Waals surface area (Å²) in [4.78, 5) is 23.8. The standard InChI is InChI=1S/C28H23F2N5O2/c29-17-10-18-20(13-33-26(18)32-12-17)25-19(11-31)21(14-4-2-1-3-5-14)23(30)27(35-25)34-24-16-8-6-15(7-9-16)22(24)28(36)37/h1-5,10,12-13,15-16,22,24H,6-9H2,(H,32,33)(H,34,35)(H,36,37)/t15?,16?,22-,24-/m1/s1. The molecule has 0 amide bonds. The summed E-state index contributed by atoms with van der Waals surface area (Å²) in [5.74, 6) is -2.84. The van der Waals surface area contributed by atoms with Crippen molar-refractivity contribution in [1.29, 1.82) is 5.26 Å². The first kappa shape index (κ1) is 23.1. The Morgan fingerprint density at radius 1 is 1.14 bits per heavy atom. The molecule has 3 N–H and O–H groups in total. The molecule has 2 bridgehead atoms. The molecule has 7 rings (SSSR count). The minimum atomic E-state index is -0.900. The molecule has 3 fully saturated rings. The number of halogens is 2. The number of nitrogens with zero attached hydrogens (tertiary/aromatic N) is 3. The van der Waals surface area contributed by atoms with E-state index in [4.69, 9.17) is 0 Å². The maximum Gasteiger partial charge on any atom is 0.308 e. The molecule has 37 heavy (non-hydrogen) atoms. The molecule has 0 radical (unpaired) electrons. The topological polar surface area (TPSA) is 115 Å². The number of anilines is 1. The lowest BCUT2D eigenvalue weighted by atomic mass is 9.61. The first-order chi connectivity index (χ1) is 18.0. The molecular weight excluding hydrogens is 476 g/mol.